The Bertz CT molecular complexity index is 1210. The number of phenols is 1. The highest BCUT2D eigenvalue weighted by atomic mass is 16.7. The molecular weight excluding hydrogens is 508 g/mol. The van der Waals surface area contributed by atoms with Gasteiger partial charge in [-0.2, -0.15) is 0 Å². The standard InChI is InChI=1S/C25H26O13/c1-34-12-4-2-11(3-5-12)14-9-35-16-7-13(6-15(26)20(16)21(14)30)37-25-24(33)23(32)22(31)17(38-25)10-36-19(29)8-18(27)28/h2-7,9,17,21-26,30-33H,8,10H2,1H3,(H,27,28). The van der Waals surface area contributed by atoms with Gasteiger partial charge in [0.2, 0.25) is 6.29 Å². The number of hydrogen-bond donors (Lipinski definition) is 6. The van der Waals surface area contributed by atoms with Crippen molar-refractivity contribution in [3.05, 3.63) is 53.8 Å². The molecule has 204 valence electrons. The predicted octanol–water partition coefficient (Wildman–Crippen LogP) is 0.0720. The molecule has 0 amide bonds. The number of carbonyl (C=O) groups is 2. The average molecular weight is 534 g/mol. The molecule has 2 aliphatic heterocycles. The monoisotopic (exact) mass is 534 g/mol. The first-order valence-electron chi connectivity index (χ1n) is 11.4. The van der Waals surface area contributed by atoms with Gasteiger partial charge in [0.25, 0.3) is 0 Å². The lowest BCUT2D eigenvalue weighted by Crippen LogP contribution is -2.60. The maximum Gasteiger partial charge on any atom is 0.317 e. The molecule has 0 spiro atoms. The highest BCUT2D eigenvalue weighted by Crippen LogP contribution is 2.46. The third-order valence-electron chi connectivity index (χ3n) is 6.02. The maximum absolute atomic E-state index is 11.5. The molecule has 0 saturated carbocycles. The van der Waals surface area contributed by atoms with Crippen molar-refractivity contribution >= 4 is 17.5 Å². The number of fused-ring (bicyclic) bond motifs is 1. The van der Waals surface area contributed by atoms with Gasteiger partial charge in [-0.25, -0.2) is 0 Å². The number of carboxylic acid groups (broad SMARTS) is 1. The van der Waals surface area contributed by atoms with Crippen molar-refractivity contribution in [3.8, 4) is 23.0 Å². The number of benzene rings is 2. The van der Waals surface area contributed by atoms with Gasteiger partial charge in [-0.1, -0.05) is 12.1 Å². The molecule has 6 atom stereocenters. The van der Waals surface area contributed by atoms with Crippen molar-refractivity contribution in [3.63, 3.8) is 0 Å². The van der Waals surface area contributed by atoms with Gasteiger partial charge in [0.05, 0.1) is 18.9 Å². The summed E-state index contributed by atoms with van der Waals surface area (Å²) in [4.78, 5) is 22.1. The Morgan fingerprint density at radius 3 is 2.34 bits per heavy atom. The van der Waals surface area contributed by atoms with E-state index in [4.69, 9.17) is 28.8 Å². The number of aliphatic hydroxyl groups excluding tert-OH is 4. The van der Waals surface area contributed by atoms with Crippen LogP contribution in [0.25, 0.3) is 5.57 Å². The lowest BCUT2D eigenvalue weighted by Gasteiger charge is -2.40. The van der Waals surface area contributed by atoms with Crippen LogP contribution in [-0.2, 0) is 19.1 Å². The van der Waals surface area contributed by atoms with Crippen molar-refractivity contribution in [2.45, 2.75) is 43.2 Å². The third-order valence-corrected chi connectivity index (χ3v) is 6.02. The fourth-order valence-corrected chi connectivity index (χ4v) is 4.02. The van der Waals surface area contributed by atoms with Crippen LogP contribution in [-0.4, -0.2) is 87.0 Å². The minimum atomic E-state index is -1.77. The van der Waals surface area contributed by atoms with Crippen molar-refractivity contribution in [1.82, 2.24) is 0 Å². The van der Waals surface area contributed by atoms with E-state index in [1.54, 1.807) is 24.3 Å². The Kier molecular flexibility index (Phi) is 8.04. The summed E-state index contributed by atoms with van der Waals surface area (Å²) < 4.78 is 26.5. The number of aliphatic carboxylic acids is 1. The second kappa shape index (κ2) is 11.2. The molecule has 1 fully saturated rings. The Hall–Kier alpha value is -3.88. The quantitative estimate of drug-likeness (QED) is 0.196. The molecule has 4 rings (SSSR count). The molecule has 6 N–H and O–H groups in total. The Labute approximate surface area is 215 Å². The lowest BCUT2D eigenvalue weighted by atomic mass is 9.93. The van der Waals surface area contributed by atoms with Gasteiger partial charge < -0.3 is 54.3 Å². The number of aliphatic hydroxyl groups is 4. The van der Waals surface area contributed by atoms with Gasteiger partial charge in [0, 0.05) is 17.7 Å². The number of phenolic OH excluding ortho intramolecular Hbond substituents is 1. The fourth-order valence-electron chi connectivity index (χ4n) is 4.02. The first-order valence-corrected chi connectivity index (χ1v) is 11.4. The Morgan fingerprint density at radius 2 is 1.68 bits per heavy atom. The van der Waals surface area contributed by atoms with E-state index in [0.717, 1.165) is 6.07 Å². The summed E-state index contributed by atoms with van der Waals surface area (Å²) >= 11 is 0. The minimum Gasteiger partial charge on any atom is -0.507 e. The first-order chi connectivity index (χ1) is 18.1. The zero-order valence-electron chi connectivity index (χ0n) is 20.0. The molecule has 38 heavy (non-hydrogen) atoms. The van der Waals surface area contributed by atoms with Gasteiger partial charge in [-0.3, -0.25) is 9.59 Å². The number of carboxylic acids is 1. The molecule has 13 nitrogen and oxygen atoms in total. The van der Waals surface area contributed by atoms with Crippen LogP contribution < -0.4 is 14.2 Å². The minimum absolute atomic E-state index is 0.0507. The highest BCUT2D eigenvalue weighted by Gasteiger charge is 2.45. The second-order valence-corrected chi connectivity index (χ2v) is 8.56. The number of aromatic hydroxyl groups is 1. The number of carbonyl (C=O) groups excluding carboxylic acids is 1. The summed E-state index contributed by atoms with van der Waals surface area (Å²) in [5.41, 5.74) is 1.08. The molecule has 0 aromatic heterocycles. The number of hydrogen-bond acceptors (Lipinski definition) is 12. The number of rotatable bonds is 8. The van der Waals surface area contributed by atoms with E-state index in [0.29, 0.717) is 16.9 Å². The van der Waals surface area contributed by atoms with Crippen LogP contribution in [0.2, 0.25) is 0 Å². The smallest absolute Gasteiger partial charge is 0.317 e. The molecule has 2 aromatic rings. The molecule has 0 bridgehead atoms. The number of methoxy groups -OCH3 is 1. The van der Waals surface area contributed by atoms with Crippen LogP contribution in [0.3, 0.4) is 0 Å². The molecule has 2 aromatic carbocycles. The molecule has 13 heteroatoms. The summed E-state index contributed by atoms with van der Waals surface area (Å²) in [5, 5.41) is 60.9. The second-order valence-electron chi connectivity index (χ2n) is 8.56. The van der Waals surface area contributed by atoms with Gasteiger partial charge in [0.1, 0.15) is 66.5 Å². The Balaban J connectivity index is 1.49. The summed E-state index contributed by atoms with van der Waals surface area (Å²) in [6.45, 7) is -0.624. The third kappa shape index (κ3) is 5.66. The first kappa shape index (κ1) is 27.2. The van der Waals surface area contributed by atoms with Crippen molar-refractivity contribution in [2.24, 2.45) is 0 Å². The number of ether oxygens (including phenoxy) is 5. The topological polar surface area (TPSA) is 202 Å². The summed E-state index contributed by atoms with van der Waals surface area (Å²) in [5.74, 6) is -2.31. The average Bonchev–Trinajstić information content (AvgIpc) is 2.88. The van der Waals surface area contributed by atoms with Crippen LogP contribution in [0.1, 0.15) is 23.7 Å². The molecule has 6 unspecified atom stereocenters. The Morgan fingerprint density at radius 1 is 0.974 bits per heavy atom. The van der Waals surface area contributed by atoms with E-state index in [2.05, 4.69) is 0 Å². The zero-order chi connectivity index (χ0) is 27.6. The van der Waals surface area contributed by atoms with E-state index in [9.17, 15) is 35.1 Å². The van der Waals surface area contributed by atoms with Gasteiger partial charge in [-0.15, -0.1) is 0 Å². The van der Waals surface area contributed by atoms with Crippen molar-refractivity contribution in [2.75, 3.05) is 13.7 Å². The van der Waals surface area contributed by atoms with Crippen LogP contribution in [0, 0.1) is 0 Å². The van der Waals surface area contributed by atoms with E-state index in [1.165, 1.54) is 19.4 Å². The molecule has 2 aliphatic rings. The maximum atomic E-state index is 11.5. The van der Waals surface area contributed by atoms with Gasteiger partial charge >= 0.3 is 11.9 Å². The molecular formula is C25H26O13. The zero-order valence-corrected chi connectivity index (χ0v) is 20.0. The van der Waals surface area contributed by atoms with E-state index >= 15 is 0 Å². The lowest BCUT2D eigenvalue weighted by molar-refractivity contribution is -0.278. The van der Waals surface area contributed by atoms with Crippen molar-refractivity contribution in [1.29, 1.82) is 0 Å². The SMILES string of the molecule is COc1ccc(C2=COc3cc(OC4OC(COC(=O)CC(=O)O)C(O)C(O)C4O)cc(O)c3C2O)cc1. The van der Waals surface area contributed by atoms with E-state index < -0.39 is 67.5 Å². The van der Waals surface area contributed by atoms with Crippen LogP contribution in [0.15, 0.2) is 42.7 Å². The van der Waals surface area contributed by atoms with E-state index in [1.807, 2.05) is 0 Å². The summed E-state index contributed by atoms with van der Waals surface area (Å²) in [6.07, 6.45) is -9.00. The number of esters is 1. The largest absolute Gasteiger partial charge is 0.507 e. The van der Waals surface area contributed by atoms with Crippen molar-refractivity contribution < 1.29 is 63.9 Å². The molecule has 0 radical (unpaired) electrons. The van der Waals surface area contributed by atoms with Gasteiger partial charge in [-0.05, 0) is 17.7 Å². The molecule has 1 saturated heterocycles. The summed E-state index contributed by atoms with van der Waals surface area (Å²) in [6, 6.07) is 9.29. The van der Waals surface area contributed by atoms with Crippen LogP contribution in [0.5, 0.6) is 23.0 Å². The summed E-state index contributed by atoms with van der Waals surface area (Å²) in [7, 11) is 1.53. The molecule has 2 heterocycles. The predicted molar refractivity (Wildman–Crippen MR) is 125 cm³/mol. The van der Waals surface area contributed by atoms with E-state index in [-0.39, 0.29) is 17.1 Å². The van der Waals surface area contributed by atoms with Crippen LogP contribution in [0.4, 0.5) is 0 Å². The fraction of sp³-hybridized carbons (Fsp3) is 0.360. The highest BCUT2D eigenvalue weighted by molar-refractivity contribution is 5.90. The molecule has 0 aliphatic carbocycles. The van der Waals surface area contributed by atoms with Crippen LogP contribution >= 0.6 is 0 Å². The van der Waals surface area contributed by atoms with Gasteiger partial charge in [0.15, 0.2) is 0 Å². The normalized spacial score (nSPS) is 26.4.